The quantitative estimate of drug-likeness (QED) is 0.650. The van der Waals surface area contributed by atoms with Gasteiger partial charge in [0.05, 0.1) is 0 Å². The van der Waals surface area contributed by atoms with Crippen molar-refractivity contribution in [3.63, 3.8) is 0 Å². The first-order chi connectivity index (χ1) is 6.52. The second-order valence-electron chi connectivity index (χ2n) is 3.65. The smallest absolute Gasteiger partial charge is 0.377 e. The van der Waals surface area contributed by atoms with Gasteiger partial charge in [-0.2, -0.15) is 8.78 Å². The van der Waals surface area contributed by atoms with Gasteiger partial charge in [-0.05, 0) is 18.8 Å². The van der Waals surface area contributed by atoms with E-state index in [-0.39, 0.29) is 6.61 Å². The molecular formula is C9H14F2O3. The maximum atomic E-state index is 12.4. The van der Waals surface area contributed by atoms with E-state index in [1.54, 1.807) is 0 Å². The average Bonchev–Trinajstić information content (AvgIpc) is 2.87. The summed E-state index contributed by atoms with van der Waals surface area (Å²) in [4.78, 5) is 9.97. The predicted molar refractivity (Wildman–Crippen MR) is 45.4 cm³/mol. The first-order valence-electron chi connectivity index (χ1n) is 4.71. The van der Waals surface area contributed by atoms with Crippen LogP contribution in [0.25, 0.3) is 0 Å². The summed E-state index contributed by atoms with van der Waals surface area (Å²) in [5, 5.41) is 8.07. The van der Waals surface area contributed by atoms with Crippen molar-refractivity contribution in [1.82, 2.24) is 0 Å². The summed E-state index contributed by atoms with van der Waals surface area (Å²) in [6, 6.07) is 0. The lowest BCUT2D eigenvalue weighted by Crippen LogP contribution is -2.33. The minimum absolute atomic E-state index is 0.222. The van der Waals surface area contributed by atoms with Crippen molar-refractivity contribution < 1.29 is 23.4 Å². The van der Waals surface area contributed by atoms with Crippen molar-refractivity contribution in [1.29, 1.82) is 0 Å². The summed E-state index contributed by atoms with van der Waals surface area (Å²) < 4.78 is 29.4. The summed E-state index contributed by atoms with van der Waals surface area (Å²) in [5.74, 6) is -5.13. The van der Waals surface area contributed by atoms with Gasteiger partial charge >= 0.3 is 11.9 Å². The second kappa shape index (κ2) is 4.68. The molecule has 0 bridgehead atoms. The minimum atomic E-state index is -3.75. The second-order valence-corrected chi connectivity index (χ2v) is 3.65. The fourth-order valence-electron chi connectivity index (χ4n) is 1.14. The van der Waals surface area contributed by atoms with Crippen LogP contribution in [0.5, 0.6) is 0 Å². The van der Waals surface area contributed by atoms with Crippen molar-refractivity contribution in [2.24, 2.45) is 5.92 Å². The molecule has 1 saturated carbocycles. The van der Waals surface area contributed by atoms with Gasteiger partial charge in [0.1, 0.15) is 6.61 Å². The molecule has 0 amide bonds. The van der Waals surface area contributed by atoms with Crippen LogP contribution in [0.15, 0.2) is 0 Å². The predicted octanol–water partition coefficient (Wildman–Crippen LogP) is 1.91. The topological polar surface area (TPSA) is 46.5 Å². The number of hydrogen-bond acceptors (Lipinski definition) is 2. The zero-order chi connectivity index (χ0) is 10.6. The monoisotopic (exact) mass is 208 g/mol. The standard InChI is InChI=1S/C9H14F2O3/c10-9(11,8(12)13)6-14-5-1-2-7-3-4-7/h7H,1-6H2,(H,12,13). The Morgan fingerprint density at radius 2 is 2.14 bits per heavy atom. The molecule has 0 aromatic carbocycles. The van der Waals surface area contributed by atoms with Crippen LogP contribution in [-0.4, -0.2) is 30.2 Å². The van der Waals surface area contributed by atoms with E-state index in [9.17, 15) is 13.6 Å². The van der Waals surface area contributed by atoms with Gasteiger partial charge in [-0.15, -0.1) is 0 Å². The van der Waals surface area contributed by atoms with E-state index in [0.29, 0.717) is 0 Å². The summed E-state index contributed by atoms with van der Waals surface area (Å²) in [5.41, 5.74) is 0. The molecule has 1 aliphatic rings. The Bertz CT molecular complexity index is 202. The lowest BCUT2D eigenvalue weighted by Gasteiger charge is -2.10. The fourth-order valence-corrected chi connectivity index (χ4v) is 1.14. The van der Waals surface area contributed by atoms with E-state index in [1.165, 1.54) is 12.8 Å². The largest absolute Gasteiger partial charge is 0.477 e. The lowest BCUT2D eigenvalue weighted by molar-refractivity contribution is -0.173. The molecule has 82 valence electrons. The molecule has 0 unspecified atom stereocenters. The first kappa shape index (κ1) is 11.4. The highest BCUT2D eigenvalue weighted by Gasteiger charge is 2.39. The normalized spacial score (nSPS) is 17.0. The molecule has 14 heavy (non-hydrogen) atoms. The summed E-state index contributed by atoms with van der Waals surface area (Å²) in [6.45, 7) is -0.799. The molecule has 0 aliphatic heterocycles. The van der Waals surface area contributed by atoms with Crippen LogP contribution in [0, 0.1) is 5.92 Å². The van der Waals surface area contributed by atoms with Gasteiger partial charge in [-0.25, -0.2) is 4.79 Å². The van der Waals surface area contributed by atoms with Crippen LogP contribution in [-0.2, 0) is 9.53 Å². The first-order valence-corrected chi connectivity index (χ1v) is 4.71. The van der Waals surface area contributed by atoms with Crippen molar-refractivity contribution in [3.05, 3.63) is 0 Å². The molecule has 0 saturated heterocycles. The van der Waals surface area contributed by atoms with Crippen LogP contribution in [0.4, 0.5) is 8.78 Å². The number of hydrogen-bond donors (Lipinski definition) is 1. The zero-order valence-electron chi connectivity index (χ0n) is 7.84. The molecule has 0 atom stereocenters. The van der Waals surface area contributed by atoms with E-state index in [4.69, 9.17) is 5.11 Å². The number of carboxylic acid groups (broad SMARTS) is 1. The average molecular weight is 208 g/mol. The minimum Gasteiger partial charge on any atom is -0.477 e. The van der Waals surface area contributed by atoms with Crippen molar-refractivity contribution in [3.8, 4) is 0 Å². The Hall–Kier alpha value is -0.710. The van der Waals surface area contributed by atoms with E-state index in [1.807, 2.05) is 0 Å². The van der Waals surface area contributed by atoms with Crippen molar-refractivity contribution in [2.75, 3.05) is 13.2 Å². The van der Waals surface area contributed by atoms with E-state index in [0.717, 1.165) is 18.8 Å². The molecule has 0 aromatic rings. The molecule has 0 radical (unpaired) electrons. The Labute approximate surface area is 81.1 Å². The molecule has 0 heterocycles. The molecule has 1 N–H and O–H groups in total. The van der Waals surface area contributed by atoms with Gasteiger partial charge in [0.25, 0.3) is 0 Å². The molecule has 0 aromatic heterocycles. The van der Waals surface area contributed by atoms with Crippen LogP contribution < -0.4 is 0 Å². The lowest BCUT2D eigenvalue weighted by atomic mass is 10.2. The highest BCUT2D eigenvalue weighted by Crippen LogP contribution is 2.33. The number of carboxylic acids is 1. The molecular weight excluding hydrogens is 194 g/mol. The number of halogens is 2. The summed E-state index contributed by atoms with van der Waals surface area (Å²) in [7, 11) is 0. The van der Waals surface area contributed by atoms with Crippen LogP contribution in [0.1, 0.15) is 25.7 Å². The highest BCUT2D eigenvalue weighted by molar-refractivity contribution is 5.75. The number of carbonyl (C=O) groups is 1. The number of aliphatic carboxylic acids is 1. The van der Waals surface area contributed by atoms with Gasteiger partial charge in [0, 0.05) is 6.61 Å². The third-order valence-electron chi connectivity index (χ3n) is 2.19. The molecule has 3 nitrogen and oxygen atoms in total. The van der Waals surface area contributed by atoms with E-state index in [2.05, 4.69) is 4.74 Å². The highest BCUT2D eigenvalue weighted by atomic mass is 19.3. The Morgan fingerprint density at radius 1 is 1.50 bits per heavy atom. The third-order valence-corrected chi connectivity index (χ3v) is 2.19. The summed E-state index contributed by atoms with van der Waals surface area (Å²) >= 11 is 0. The van der Waals surface area contributed by atoms with Crippen molar-refractivity contribution in [2.45, 2.75) is 31.6 Å². The fraction of sp³-hybridized carbons (Fsp3) is 0.889. The van der Waals surface area contributed by atoms with Crippen LogP contribution >= 0.6 is 0 Å². The Balaban J connectivity index is 1.98. The molecule has 1 rings (SSSR count). The maximum absolute atomic E-state index is 12.4. The van der Waals surface area contributed by atoms with Crippen LogP contribution in [0.3, 0.4) is 0 Å². The molecule has 1 fully saturated rings. The third kappa shape index (κ3) is 4.00. The zero-order valence-corrected chi connectivity index (χ0v) is 7.84. The summed E-state index contributed by atoms with van der Waals surface area (Å²) in [6.07, 6.45) is 4.19. The maximum Gasteiger partial charge on any atom is 0.377 e. The van der Waals surface area contributed by atoms with Gasteiger partial charge in [-0.1, -0.05) is 12.8 Å². The molecule has 1 aliphatic carbocycles. The van der Waals surface area contributed by atoms with Gasteiger partial charge in [-0.3, -0.25) is 0 Å². The SMILES string of the molecule is O=C(O)C(F)(F)COCCCC1CC1. The van der Waals surface area contributed by atoms with E-state index < -0.39 is 18.5 Å². The van der Waals surface area contributed by atoms with Gasteiger partial charge in [0.2, 0.25) is 0 Å². The van der Waals surface area contributed by atoms with Crippen molar-refractivity contribution >= 4 is 5.97 Å². The van der Waals surface area contributed by atoms with Gasteiger partial charge in [0.15, 0.2) is 0 Å². The Morgan fingerprint density at radius 3 is 2.64 bits per heavy atom. The van der Waals surface area contributed by atoms with Gasteiger partial charge < -0.3 is 9.84 Å². The Kier molecular flexibility index (Phi) is 3.80. The number of rotatable bonds is 7. The number of alkyl halides is 2. The van der Waals surface area contributed by atoms with Crippen LogP contribution in [0.2, 0.25) is 0 Å². The molecule has 5 heteroatoms. The van der Waals surface area contributed by atoms with E-state index >= 15 is 0 Å². The number of ether oxygens (including phenoxy) is 1. The molecule has 0 spiro atoms.